The topological polar surface area (TPSA) is 110 Å². The lowest BCUT2D eigenvalue weighted by Gasteiger charge is -2.20. The van der Waals surface area contributed by atoms with E-state index < -0.39 is 40.8 Å². The summed E-state index contributed by atoms with van der Waals surface area (Å²) in [6.45, 7) is 3.12. The second kappa shape index (κ2) is 9.45. The molecule has 0 unspecified atom stereocenters. The van der Waals surface area contributed by atoms with Gasteiger partial charge in [-0.1, -0.05) is 13.8 Å². The van der Waals surface area contributed by atoms with E-state index in [2.05, 4.69) is 20.4 Å². The number of aromatic nitrogens is 4. The third kappa shape index (κ3) is 5.40. The molecular formula is C21H19F4N5O3. The van der Waals surface area contributed by atoms with Crippen molar-refractivity contribution in [3.8, 4) is 16.9 Å². The average molecular weight is 465 g/mol. The van der Waals surface area contributed by atoms with Crippen LogP contribution in [0.5, 0.6) is 0 Å². The maximum absolute atomic E-state index is 13.7. The highest BCUT2D eigenvalue weighted by atomic mass is 19.4. The lowest BCUT2D eigenvalue weighted by molar-refractivity contribution is -0.141. The predicted molar refractivity (Wildman–Crippen MR) is 109 cm³/mol. The van der Waals surface area contributed by atoms with Crippen molar-refractivity contribution in [1.29, 1.82) is 0 Å². The van der Waals surface area contributed by atoms with E-state index in [9.17, 15) is 32.3 Å². The monoisotopic (exact) mass is 465 g/mol. The van der Waals surface area contributed by atoms with Gasteiger partial charge in [-0.2, -0.15) is 23.0 Å². The van der Waals surface area contributed by atoms with Gasteiger partial charge >= 0.3 is 6.18 Å². The third-order valence-corrected chi connectivity index (χ3v) is 4.76. The molecule has 0 saturated heterocycles. The van der Waals surface area contributed by atoms with Crippen LogP contribution in [0.2, 0.25) is 0 Å². The van der Waals surface area contributed by atoms with Crippen molar-refractivity contribution in [2.24, 2.45) is 5.92 Å². The van der Waals surface area contributed by atoms with E-state index in [1.807, 2.05) is 0 Å². The predicted octanol–water partition coefficient (Wildman–Crippen LogP) is 2.59. The summed E-state index contributed by atoms with van der Waals surface area (Å²) in [5.74, 6) is -1.77. The number of alkyl halides is 3. The van der Waals surface area contributed by atoms with Gasteiger partial charge in [0.05, 0.1) is 36.4 Å². The zero-order valence-electron chi connectivity index (χ0n) is 17.5. The van der Waals surface area contributed by atoms with Crippen molar-refractivity contribution in [2.45, 2.75) is 26.1 Å². The lowest BCUT2D eigenvalue weighted by atomic mass is 10.0. The van der Waals surface area contributed by atoms with Gasteiger partial charge in [0, 0.05) is 17.8 Å². The Hall–Kier alpha value is -3.67. The normalized spacial score (nSPS) is 12.6. The van der Waals surface area contributed by atoms with Crippen molar-refractivity contribution in [1.82, 2.24) is 25.1 Å². The van der Waals surface area contributed by atoms with Crippen LogP contribution in [0, 0.1) is 11.7 Å². The molecular weight excluding hydrogens is 446 g/mol. The van der Waals surface area contributed by atoms with E-state index in [0.29, 0.717) is 0 Å². The number of aliphatic hydroxyl groups is 1. The smallest absolute Gasteiger partial charge is 0.394 e. The number of hydrogen-bond donors (Lipinski definition) is 2. The second-order valence-corrected chi connectivity index (χ2v) is 7.46. The van der Waals surface area contributed by atoms with E-state index in [1.54, 1.807) is 13.8 Å². The Balaban J connectivity index is 2.16. The summed E-state index contributed by atoms with van der Waals surface area (Å²) in [5, 5.41) is 16.1. The quantitative estimate of drug-likeness (QED) is 0.542. The lowest BCUT2D eigenvalue weighted by Crippen LogP contribution is -2.43. The van der Waals surface area contributed by atoms with Gasteiger partial charge in [0.2, 0.25) is 0 Å². The highest BCUT2D eigenvalue weighted by molar-refractivity contribution is 5.95. The van der Waals surface area contributed by atoms with Gasteiger partial charge in [-0.25, -0.2) is 4.39 Å². The Morgan fingerprint density at radius 3 is 2.45 bits per heavy atom. The van der Waals surface area contributed by atoms with Crippen LogP contribution < -0.4 is 10.9 Å². The SMILES string of the molecule is CC(C)[C@@H](CO)NC(=O)c1cc(-c2ccc(C(F)(F)F)nc2)nn(-c2cncc(F)c2)c1=O. The molecule has 33 heavy (non-hydrogen) atoms. The zero-order valence-corrected chi connectivity index (χ0v) is 17.5. The number of rotatable bonds is 6. The molecule has 1 amide bonds. The van der Waals surface area contributed by atoms with Gasteiger partial charge in [-0.3, -0.25) is 19.6 Å². The number of halogens is 4. The molecule has 2 N–H and O–H groups in total. The molecule has 0 spiro atoms. The van der Waals surface area contributed by atoms with Crippen molar-refractivity contribution in [3.63, 3.8) is 0 Å². The number of nitrogens with zero attached hydrogens (tertiary/aromatic N) is 4. The minimum Gasteiger partial charge on any atom is -0.394 e. The fraction of sp³-hybridized carbons (Fsp3) is 0.286. The number of amides is 1. The molecule has 3 aromatic rings. The molecule has 0 aliphatic carbocycles. The molecule has 0 aromatic carbocycles. The Bertz CT molecular complexity index is 1210. The fourth-order valence-electron chi connectivity index (χ4n) is 2.87. The van der Waals surface area contributed by atoms with Crippen molar-refractivity contribution < 1.29 is 27.5 Å². The molecule has 3 heterocycles. The van der Waals surface area contributed by atoms with Crippen LogP contribution in [-0.2, 0) is 6.18 Å². The van der Waals surface area contributed by atoms with Gasteiger partial charge in [-0.05, 0) is 24.1 Å². The first-order valence-electron chi connectivity index (χ1n) is 9.72. The molecule has 0 aliphatic heterocycles. The maximum Gasteiger partial charge on any atom is 0.433 e. The van der Waals surface area contributed by atoms with Gasteiger partial charge in [0.15, 0.2) is 0 Å². The van der Waals surface area contributed by atoms with Gasteiger partial charge in [-0.15, -0.1) is 0 Å². The van der Waals surface area contributed by atoms with E-state index in [1.165, 1.54) is 0 Å². The first-order valence-corrected chi connectivity index (χ1v) is 9.72. The van der Waals surface area contributed by atoms with E-state index in [-0.39, 0.29) is 29.5 Å². The molecule has 3 aromatic heterocycles. The maximum atomic E-state index is 13.7. The largest absolute Gasteiger partial charge is 0.433 e. The number of carbonyl (C=O) groups excluding carboxylic acids is 1. The van der Waals surface area contributed by atoms with Crippen LogP contribution in [0.4, 0.5) is 17.6 Å². The standard InChI is InChI=1S/C21H19F4N5O3/c1-11(2)17(10-31)28-19(32)15-6-16(12-3-4-18(27-7-12)21(23,24)25)29-30(20(15)33)14-5-13(22)8-26-9-14/h3-9,11,17,31H,10H2,1-2H3,(H,28,32)/t17-/m1/s1. The second-order valence-electron chi connectivity index (χ2n) is 7.46. The number of nitrogens with one attached hydrogen (secondary N) is 1. The van der Waals surface area contributed by atoms with Crippen LogP contribution in [0.3, 0.4) is 0 Å². The molecule has 0 bridgehead atoms. The van der Waals surface area contributed by atoms with Crippen LogP contribution in [0.1, 0.15) is 29.9 Å². The minimum atomic E-state index is -4.65. The highest BCUT2D eigenvalue weighted by Crippen LogP contribution is 2.28. The Morgan fingerprint density at radius 2 is 1.91 bits per heavy atom. The van der Waals surface area contributed by atoms with Crippen LogP contribution in [0.25, 0.3) is 16.9 Å². The molecule has 0 saturated carbocycles. The summed E-state index contributed by atoms with van der Waals surface area (Å²) >= 11 is 0. The Kier molecular flexibility index (Phi) is 6.86. The molecule has 1 atom stereocenters. The van der Waals surface area contributed by atoms with Gasteiger partial charge < -0.3 is 10.4 Å². The van der Waals surface area contributed by atoms with Crippen LogP contribution in [0.15, 0.2) is 47.7 Å². The van der Waals surface area contributed by atoms with E-state index in [0.717, 1.165) is 47.5 Å². The van der Waals surface area contributed by atoms with Crippen molar-refractivity contribution in [2.75, 3.05) is 6.61 Å². The van der Waals surface area contributed by atoms with E-state index in [4.69, 9.17) is 0 Å². The highest BCUT2D eigenvalue weighted by Gasteiger charge is 2.32. The molecule has 12 heteroatoms. The number of hydrogen-bond acceptors (Lipinski definition) is 6. The van der Waals surface area contributed by atoms with Crippen LogP contribution in [-0.4, -0.2) is 43.4 Å². The summed E-state index contributed by atoms with van der Waals surface area (Å²) in [6, 6.07) is 3.22. The number of aliphatic hydroxyl groups excluding tert-OH is 1. The summed E-state index contributed by atoms with van der Waals surface area (Å²) < 4.78 is 53.0. The molecule has 3 rings (SSSR count). The minimum absolute atomic E-state index is 0.0599. The summed E-state index contributed by atoms with van der Waals surface area (Å²) in [7, 11) is 0. The first-order chi connectivity index (χ1) is 15.5. The average Bonchev–Trinajstić information content (AvgIpc) is 2.76. The van der Waals surface area contributed by atoms with Gasteiger partial charge in [0.1, 0.15) is 17.1 Å². The van der Waals surface area contributed by atoms with Crippen LogP contribution >= 0.6 is 0 Å². The zero-order chi connectivity index (χ0) is 24.3. The Labute approximate surface area is 184 Å². The van der Waals surface area contributed by atoms with Crippen molar-refractivity contribution >= 4 is 5.91 Å². The van der Waals surface area contributed by atoms with E-state index >= 15 is 0 Å². The summed E-state index contributed by atoms with van der Waals surface area (Å²) in [6.07, 6.45) is -1.71. The Morgan fingerprint density at radius 1 is 1.18 bits per heavy atom. The summed E-state index contributed by atoms with van der Waals surface area (Å²) in [5.41, 5.74) is -2.53. The molecule has 8 nitrogen and oxygen atoms in total. The first kappa shape index (κ1) is 24.0. The number of pyridine rings is 2. The molecule has 0 aliphatic rings. The molecule has 174 valence electrons. The molecule has 0 fully saturated rings. The molecule has 0 radical (unpaired) electrons. The summed E-state index contributed by atoms with van der Waals surface area (Å²) in [4.78, 5) is 32.9. The van der Waals surface area contributed by atoms with Gasteiger partial charge in [0.25, 0.3) is 11.5 Å². The third-order valence-electron chi connectivity index (χ3n) is 4.76. The number of carbonyl (C=O) groups is 1. The fourth-order valence-corrected chi connectivity index (χ4v) is 2.87. The van der Waals surface area contributed by atoms with Crippen molar-refractivity contribution in [3.05, 3.63) is 70.3 Å².